The minimum Gasteiger partial charge on any atom is -0.309 e. The molecule has 32 heavy (non-hydrogen) atoms. The van der Waals surface area contributed by atoms with E-state index in [0.29, 0.717) is 5.92 Å². The van der Waals surface area contributed by atoms with Crippen molar-refractivity contribution in [3.63, 3.8) is 0 Å². The van der Waals surface area contributed by atoms with Crippen LogP contribution in [-0.4, -0.2) is 4.98 Å². The number of hydrogen-bond acceptors (Lipinski definition) is 2. The Bertz CT molecular complexity index is 1110. The van der Waals surface area contributed by atoms with Crippen molar-refractivity contribution in [1.82, 2.24) is 4.98 Å². The average molecular weight is 419 g/mol. The summed E-state index contributed by atoms with van der Waals surface area (Å²) >= 11 is 0. The third-order valence-corrected chi connectivity index (χ3v) is 6.63. The lowest BCUT2D eigenvalue weighted by molar-refractivity contribution is 0.498. The molecule has 160 valence electrons. The third kappa shape index (κ3) is 4.45. The standard InChI is InChI=1S/C30H30N2/c1-2-23(19-24-13-14-25-15-16-26(25)20-24)21-27-17-18-30(22-31-27)32(28-9-5-3-6-10-28)29-11-7-4-8-12-29/h3-14,17-18,20,22-23H,2,15-16,19,21H2,1H3. The Balaban J connectivity index is 1.34. The van der Waals surface area contributed by atoms with E-state index >= 15 is 0 Å². The summed E-state index contributed by atoms with van der Waals surface area (Å²) in [4.78, 5) is 7.14. The zero-order valence-electron chi connectivity index (χ0n) is 18.7. The summed E-state index contributed by atoms with van der Waals surface area (Å²) in [6.07, 6.45) is 7.85. The van der Waals surface area contributed by atoms with Gasteiger partial charge in [0, 0.05) is 17.1 Å². The predicted molar refractivity (Wildman–Crippen MR) is 134 cm³/mol. The molecule has 2 heteroatoms. The van der Waals surface area contributed by atoms with Gasteiger partial charge in [-0.05, 0) is 84.7 Å². The van der Waals surface area contributed by atoms with Gasteiger partial charge in [0.2, 0.25) is 0 Å². The van der Waals surface area contributed by atoms with E-state index in [4.69, 9.17) is 4.98 Å². The van der Waals surface area contributed by atoms with E-state index in [1.165, 1.54) is 30.5 Å². The van der Waals surface area contributed by atoms with E-state index in [2.05, 4.69) is 103 Å². The number of aryl methyl sites for hydroxylation is 2. The van der Waals surface area contributed by atoms with Crippen LogP contribution in [0, 0.1) is 5.92 Å². The van der Waals surface area contributed by atoms with Crippen LogP contribution in [0.5, 0.6) is 0 Å². The van der Waals surface area contributed by atoms with Gasteiger partial charge in [0.25, 0.3) is 0 Å². The Morgan fingerprint density at radius 3 is 1.94 bits per heavy atom. The van der Waals surface area contributed by atoms with Gasteiger partial charge < -0.3 is 4.90 Å². The van der Waals surface area contributed by atoms with E-state index in [1.54, 1.807) is 11.1 Å². The highest BCUT2D eigenvalue weighted by molar-refractivity contribution is 5.75. The van der Waals surface area contributed by atoms with Crippen LogP contribution in [-0.2, 0) is 25.7 Å². The van der Waals surface area contributed by atoms with Gasteiger partial charge in [0.1, 0.15) is 0 Å². The van der Waals surface area contributed by atoms with Crippen molar-refractivity contribution >= 4 is 17.1 Å². The Labute approximate surface area is 191 Å². The van der Waals surface area contributed by atoms with Crippen LogP contribution in [0.2, 0.25) is 0 Å². The molecular weight excluding hydrogens is 388 g/mol. The second-order valence-electron chi connectivity index (χ2n) is 8.80. The number of nitrogens with zero attached hydrogens (tertiary/aromatic N) is 2. The Kier molecular flexibility index (Phi) is 6.02. The molecule has 1 aliphatic rings. The summed E-state index contributed by atoms with van der Waals surface area (Å²) in [7, 11) is 0. The predicted octanol–water partition coefficient (Wildman–Crippen LogP) is 7.46. The number of hydrogen-bond donors (Lipinski definition) is 0. The number of benzene rings is 3. The van der Waals surface area contributed by atoms with Crippen LogP contribution in [0.15, 0.2) is 97.2 Å². The van der Waals surface area contributed by atoms with Crippen molar-refractivity contribution in [1.29, 1.82) is 0 Å². The molecule has 0 N–H and O–H groups in total. The molecule has 0 radical (unpaired) electrons. The van der Waals surface area contributed by atoms with Crippen LogP contribution < -0.4 is 4.90 Å². The average Bonchev–Trinajstić information content (AvgIpc) is 2.83. The molecule has 0 saturated heterocycles. The zero-order valence-corrected chi connectivity index (χ0v) is 18.7. The Morgan fingerprint density at radius 1 is 0.719 bits per heavy atom. The van der Waals surface area contributed by atoms with E-state index in [-0.39, 0.29) is 0 Å². The lowest BCUT2D eigenvalue weighted by atomic mass is 9.84. The van der Waals surface area contributed by atoms with E-state index in [1.807, 2.05) is 6.20 Å². The van der Waals surface area contributed by atoms with Crippen molar-refractivity contribution in [2.45, 2.75) is 39.0 Å². The molecule has 1 aromatic heterocycles. The highest BCUT2D eigenvalue weighted by atomic mass is 15.1. The molecule has 0 aliphatic heterocycles. The van der Waals surface area contributed by atoms with Gasteiger partial charge in [-0.2, -0.15) is 0 Å². The lowest BCUT2D eigenvalue weighted by Crippen LogP contribution is -2.13. The van der Waals surface area contributed by atoms with Crippen LogP contribution in [0.25, 0.3) is 0 Å². The van der Waals surface area contributed by atoms with Crippen LogP contribution >= 0.6 is 0 Å². The molecule has 2 nitrogen and oxygen atoms in total. The van der Waals surface area contributed by atoms with Gasteiger partial charge in [0.05, 0.1) is 11.9 Å². The fourth-order valence-electron chi connectivity index (χ4n) is 4.64. The molecule has 3 aromatic carbocycles. The van der Waals surface area contributed by atoms with Crippen molar-refractivity contribution in [2.24, 2.45) is 5.92 Å². The smallest absolute Gasteiger partial charge is 0.0645 e. The second kappa shape index (κ2) is 9.40. The number of pyridine rings is 1. The maximum atomic E-state index is 4.88. The van der Waals surface area contributed by atoms with Crippen molar-refractivity contribution < 1.29 is 0 Å². The first-order chi connectivity index (χ1) is 15.8. The molecular formula is C30H30N2. The SMILES string of the molecule is CCC(Cc1ccc2c(c1)CC2)Cc1ccc(N(c2ccccc2)c2ccccc2)cn1. The number of rotatable bonds is 8. The summed E-state index contributed by atoms with van der Waals surface area (Å²) in [6, 6.07) is 32.5. The molecule has 1 aliphatic carbocycles. The summed E-state index contributed by atoms with van der Waals surface area (Å²) in [6.45, 7) is 2.30. The summed E-state index contributed by atoms with van der Waals surface area (Å²) in [5.74, 6) is 0.617. The molecule has 1 atom stereocenters. The maximum absolute atomic E-state index is 4.88. The number of para-hydroxylation sites is 2. The van der Waals surface area contributed by atoms with Gasteiger partial charge in [-0.3, -0.25) is 4.98 Å². The fourth-order valence-corrected chi connectivity index (χ4v) is 4.64. The van der Waals surface area contributed by atoms with Crippen LogP contribution in [0.3, 0.4) is 0 Å². The summed E-state index contributed by atoms with van der Waals surface area (Å²) in [5, 5.41) is 0. The second-order valence-corrected chi connectivity index (χ2v) is 8.80. The van der Waals surface area contributed by atoms with E-state index < -0.39 is 0 Å². The monoisotopic (exact) mass is 418 g/mol. The lowest BCUT2D eigenvalue weighted by Gasteiger charge is -2.25. The Hall–Kier alpha value is -3.39. The van der Waals surface area contributed by atoms with Crippen molar-refractivity contribution in [2.75, 3.05) is 4.90 Å². The van der Waals surface area contributed by atoms with Crippen LogP contribution in [0.1, 0.15) is 35.7 Å². The highest BCUT2D eigenvalue weighted by Crippen LogP contribution is 2.34. The molecule has 1 unspecified atom stereocenters. The van der Waals surface area contributed by atoms with Gasteiger partial charge >= 0.3 is 0 Å². The molecule has 0 saturated carbocycles. The third-order valence-electron chi connectivity index (χ3n) is 6.63. The maximum Gasteiger partial charge on any atom is 0.0645 e. The largest absolute Gasteiger partial charge is 0.309 e. The molecule has 4 aromatic rings. The van der Waals surface area contributed by atoms with Gasteiger partial charge in [-0.15, -0.1) is 0 Å². The molecule has 0 bridgehead atoms. The highest BCUT2D eigenvalue weighted by Gasteiger charge is 2.16. The molecule has 0 spiro atoms. The first-order valence-corrected chi connectivity index (χ1v) is 11.8. The van der Waals surface area contributed by atoms with Gasteiger partial charge in [-0.1, -0.05) is 67.9 Å². The van der Waals surface area contributed by atoms with E-state index in [0.717, 1.165) is 29.9 Å². The van der Waals surface area contributed by atoms with E-state index in [9.17, 15) is 0 Å². The van der Waals surface area contributed by atoms with Gasteiger partial charge in [-0.25, -0.2) is 0 Å². The molecule has 1 heterocycles. The fraction of sp³-hybridized carbons (Fsp3) is 0.233. The topological polar surface area (TPSA) is 16.1 Å². The van der Waals surface area contributed by atoms with Crippen molar-refractivity contribution in [3.05, 3.63) is 120 Å². The minimum atomic E-state index is 0.617. The molecule has 0 amide bonds. The quantitative estimate of drug-likeness (QED) is 0.295. The number of anilines is 3. The Morgan fingerprint density at radius 2 is 1.41 bits per heavy atom. The summed E-state index contributed by atoms with van der Waals surface area (Å²) in [5.41, 5.74) is 9.11. The molecule has 5 rings (SSSR count). The first-order valence-electron chi connectivity index (χ1n) is 11.8. The van der Waals surface area contributed by atoms with Gasteiger partial charge in [0.15, 0.2) is 0 Å². The van der Waals surface area contributed by atoms with Crippen LogP contribution in [0.4, 0.5) is 17.1 Å². The molecule has 0 fully saturated rings. The van der Waals surface area contributed by atoms with Crippen molar-refractivity contribution in [3.8, 4) is 0 Å². The normalized spacial score (nSPS) is 13.2. The number of fused-ring (bicyclic) bond motifs is 1. The minimum absolute atomic E-state index is 0.617. The zero-order chi connectivity index (χ0) is 21.8. The summed E-state index contributed by atoms with van der Waals surface area (Å²) < 4.78 is 0. The first kappa shape index (κ1) is 20.5. The number of aromatic nitrogens is 1.